The van der Waals surface area contributed by atoms with E-state index >= 15 is 0 Å². The van der Waals surface area contributed by atoms with Crippen molar-refractivity contribution < 1.29 is 0 Å². The molecular formula is C6H2Cl2N2Se. The molecule has 0 spiro atoms. The van der Waals surface area contributed by atoms with Crippen LogP contribution in [0.1, 0.15) is 0 Å². The van der Waals surface area contributed by atoms with Crippen molar-refractivity contribution >= 4 is 49.2 Å². The zero-order valence-corrected chi connectivity index (χ0v) is 8.44. The van der Waals surface area contributed by atoms with Gasteiger partial charge in [0.25, 0.3) is 0 Å². The van der Waals surface area contributed by atoms with E-state index in [0.717, 1.165) is 11.0 Å². The molecule has 0 aliphatic heterocycles. The minimum atomic E-state index is -0.0586. The second-order valence-electron chi connectivity index (χ2n) is 1.99. The topological polar surface area (TPSA) is 25.8 Å². The summed E-state index contributed by atoms with van der Waals surface area (Å²) in [7, 11) is 0. The fraction of sp³-hybridized carbons (Fsp3) is 0. The molecule has 2 nitrogen and oxygen atoms in total. The number of halogens is 2. The Balaban J connectivity index is 2.96. The second kappa shape index (κ2) is 2.76. The molecule has 0 aliphatic rings. The third-order valence-electron chi connectivity index (χ3n) is 1.32. The summed E-state index contributed by atoms with van der Waals surface area (Å²) < 4.78 is 8.28. The Morgan fingerprint density at radius 3 is 1.91 bits per heavy atom. The predicted molar refractivity (Wildman–Crippen MR) is 46.5 cm³/mol. The van der Waals surface area contributed by atoms with Crippen LogP contribution in [-0.2, 0) is 0 Å². The first-order chi connectivity index (χ1) is 5.29. The molecule has 2 rings (SSSR count). The summed E-state index contributed by atoms with van der Waals surface area (Å²) in [6, 6.07) is 3.48. The first-order valence-electron chi connectivity index (χ1n) is 2.85. The number of nitrogens with zero attached hydrogens (tertiary/aromatic N) is 2. The van der Waals surface area contributed by atoms with E-state index in [0.29, 0.717) is 10.0 Å². The van der Waals surface area contributed by atoms with Gasteiger partial charge in [-0.15, -0.1) is 0 Å². The van der Waals surface area contributed by atoms with Crippen molar-refractivity contribution in [3.05, 3.63) is 22.2 Å². The summed E-state index contributed by atoms with van der Waals surface area (Å²) >= 11 is 11.6. The van der Waals surface area contributed by atoms with E-state index < -0.39 is 0 Å². The van der Waals surface area contributed by atoms with Crippen molar-refractivity contribution in [2.75, 3.05) is 0 Å². The van der Waals surface area contributed by atoms with E-state index in [1.54, 1.807) is 12.1 Å². The van der Waals surface area contributed by atoms with Crippen LogP contribution in [0, 0.1) is 0 Å². The van der Waals surface area contributed by atoms with Gasteiger partial charge in [-0.2, -0.15) is 0 Å². The zero-order chi connectivity index (χ0) is 7.84. The normalized spacial score (nSPS) is 10.7. The van der Waals surface area contributed by atoms with Crippen molar-refractivity contribution in [3.8, 4) is 0 Å². The molecule has 0 amide bonds. The Bertz CT molecular complexity index is 362. The van der Waals surface area contributed by atoms with E-state index in [4.69, 9.17) is 23.2 Å². The Kier molecular flexibility index (Phi) is 1.90. The Morgan fingerprint density at radius 2 is 1.45 bits per heavy atom. The Labute approximate surface area is 79.4 Å². The molecule has 0 atom stereocenters. The number of benzene rings is 1. The van der Waals surface area contributed by atoms with Crippen LogP contribution in [0.4, 0.5) is 0 Å². The molecule has 1 heterocycles. The van der Waals surface area contributed by atoms with E-state index in [1.807, 2.05) is 0 Å². The summed E-state index contributed by atoms with van der Waals surface area (Å²) in [6.07, 6.45) is 0. The van der Waals surface area contributed by atoms with Crippen molar-refractivity contribution in [3.63, 3.8) is 0 Å². The maximum atomic E-state index is 5.84. The molecule has 0 aliphatic carbocycles. The van der Waals surface area contributed by atoms with Crippen LogP contribution >= 0.6 is 23.2 Å². The number of aromatic nitrogens is 2. The third kappa shape index (κ3) is 1.18. The van der Waals surface area contributed by atoms with E-state index in [2.05, 4.69) is 7.96 Å². The van der Waals surface area contributed by atoms with Crippen LogP contribution in [0.5, 0.6) is 0 Å². The van der Waals surface area contributed by atoms with Gasteiger partial charge in [0.1, 0.15) is 0 Å². The molecule has 5 heteroatoms. The molecule has 11 heavy (non-hydrogen) atoms. The van der Waals surface area contributed by atoms with Gasteiger partial charge in [0.2, 0.25) is 0 Å². The first kappa shape index (κ1) is 7.56. The zero-order valence-electron chi connectivity index (χ0n) is 5.21. The minimum absolute atomic E-state index is 0.0586. The van der Waals surface area contributed by atoms with E-state index in [-0.39, 0.29) is 15.0 Å². The van der Waals surface area contributed by atoms with Crippen LogP contribution in [-0.4, -0.2) is 22.9 Å². The van der Waals surface area contributed by atoms with Gasteiger partial charge in [-0.05, 0) is 0 Å². The molecule has 0 saturated heterocycles. The molecule has 0 unspecified atom stereocenters. The van der Waals surface area contributed by atoms with E-state index in [1.165, 1.54) is 0 Å². The first-order valence-corrected chi connectivity index (χ1v) is 5.14. The number of hydrogen-bond donors (Lipinski definition) is 0. The molecule has 1 aromatic carbocycles. The quantitative estimate of drug-likeness (QED) is 0.670. The molecule has 0 radical (unpaired) electrons. The van der Waals surface area contributed by atoms with Gasteiger partial charge in [-0.25, -0.2) is 0 Å². The Hall–Kier alpha value is -0.0805. The monoisotopic (exact) mass is 252 g/mol. The summed E-state index contributed by atoms with van der Waals surface area (Å²) in [5.74, 6) is 0. The molecule has 56 valence electrons. The van der Waals surface area contributed by atoms with Gasteiger partial charge in [-0.1, -0.05) is 0 Å². The van der Waals surface area contributed by atoms with Gasteiger partial charge in [0.15, 0.2) is 0 Å². The molecular weight excluding hydrogens is 250 g/mol. The molecule has 0 bridgehead atoms. The third-order valence-corrected chi connectivity index (χ3v) is 3.04. The molecule has 0 fully saturated rings. The number of rotatable bonds is 0. The summed E-state index contributed by atoms with van der Waals surface area (Å²) in [5, 5.41) is 1.26. The summed E-state index contributed by atoms with van der Waals surface area (Å²) in [5.41, 5.74) is 1.50. The summed E-state index contributed by atoms with van der Waals surface area (Å²) in [4.78, 5) is 0. The fourth-order valence-corrected chi connectivity index (χ4v) is 2.63. The number of fused-ring (bicyclic) bond motifs is 1. The van der Waals surface area contributed by atoms with Crippen molar-refractivity contribution in [2.24, 2.45) is 0 Å². The van der Waals surface area contributed by atoms with Crippen LogP contribution in [0.25, 0.3) is 11.0 Å². The molecule has 1 aromatic heterocycles. The maximum absolute atomic E-state index is 5.84. The van der Waals surface area contributed by atoms with Crippen molar-refractivity contribution in [2.45, 2.75) is 0 Å². The van der Waals surface area contributed by atoms with Crippen molar-refractivity contribution in [1.82, 2.24) is 7.96 Å². The summed E-state index contributed by atoms with van der Waals surface area (Å²) in [6.45, 7) is 0. The Morgan fingerprint density at radius 1 is 1.00 bits per heavy atom. The van der Waals surface area contributed by atoms with Gasteiger partial charge in [0, 0.05) is 0 Å². The number of hydrogen-bond acceptors (Lipinski definition) is 2. The van der Waals surface area contributed by atoms with Gasteiger partial charge in [0.05, 0.1) is 0 Å². The second-order valence-corrected chi connectivity index (χ2v) is 3.91. The predicted octanol–water partition coefficient (Wildman–Crippen LogP) is 1.99. The van der Waals surface area contributed by atoms with Gasteiger partial charge < -0.3 is 0 Å². The fourth-order valence-electron chi connectivity index (χ4n) is 0.806. The van der Waals surface area contributed by atoms with Crippen LogP contribution in [0.15, 0.2) is 12.1 Å². The van der Waals surface area contributed by atoms with E-state index in [9.17, 15) is 0 Å². The molecule has 0 saturated carbocycles. The van der Waals surface area contributed by atoms with Crippen LogP contribution in [0.2, 0.25) is 10.0 Å². The van der Waals surface area contributed by atoms with Gasteiger partial charge >= 0.3 is 79.3 Å². The molecule has 0 N–H and O–H groups in total. The van der Waals surface area contributed by atoms with Gasteiger partial charge in [-0.3, -0.25) is 0 Å². The molecule has 2 aromatic rings. The van der Waals surface area contributed by atoms with Crippen LogP contribution < -0.4 is 0 Å². The average Bonchev–Trinajstić information content (AvgIpc) is 2.45. The standard InChI is InChI=1S/C6H2Cl2N2Se/c7-3-1-2-4(8)6-5(3)9-11-10-6/h1-2H. The van der Waals surface area contributed by atoms with Crippen LogP contribution in [0.3, 0.4) is 0 Å². The van der Waals surface area contributed by atoms with Crippen molar-refractivity contribution in [1.29, 1.82) is 0 Å². The SMILES string of the molecule is Clc1ccc(Cl)c2n[se]nc12. The average molecular weight is 252 g/mol.